The summed E-state index contributed by atoms with van der Waals surface area (Å²) in [6, 6.07) is 11.5. The molecule has 150 valence electrons. The fourth-order valence-corrected chi connectivity index (χ4v) is 3.92. The van der Waals surface area contributed by atoms with Crippen LogP contribution in [0.3, 0.4) is 0 Å². The van der Waals surface area contributed by atoms with E-state index in [0.29, 0.717) is 30.8 Å². The van der Waals surface area contributed by atoms with E-state index in [-0.39, 0.29) is 5.91 Å². The summed E-state index contributed by atoms with van der Waals surface area (Å²) in [6.07, 6.45) is 6.32. The largest absolute Gasteiger partial charge is 0.496 e. The minimum atomic E-state index is -0.0274. The van der Waals surface area contributed by atoms with E-state index in [9.17, 15) is 4.79 Å². The molecule has 0 radical (unpaired) electrons. The van der Waals surface area contributed by atoms with Crippen LogP contribution in [0.15, 0.2) is 55.0 Å². The van der Waals surface area contributed by atoms with Crippen LogP contribution >= 0.6 is 0 Å². The Bertz CT molecular complexity index is 1260. The molecule has 0 atom stereocenters. The fraction of sp³-hybridized carbons (Fsp3) is 0.217. The normalized spacial score (nSPS) is 13.3. The first-order valence-electron chi connectivity index (χ1n) is 9.82. The Morgan fingerprint density at radius 3 is 2.80 bits per heavy atom. The number of benzene rings is 1. The Kier molecular flexibility index (Phi) is 4.43. The van der Waals surface area contributed by atoms with Gasteiger partial charge in [0.1, 0.15) is 5.75 Å². The molecule has 0 saturated carbocycles. The van der Waals surface area contributed by atoms with Crippen molar-refractivity contribution < 1.29 is 9.53 Å². The van der Waals surface area contributed by atoms with Crippen molar-refractivity contribution >= 4 is 16.9 Å². The molecule has 1 amide bonds. The van der Waals surface area contributed by atoms with Crippen LogP contribution < -0.4 is 4.74 Å². The van der Waals surface area contributed by atoms with Gasteiger partial charge in [0.05, 0.1) is 18.9 Å². The second-order valence-corrected chi connectivity index (χ2v) is 7.44. The Balaban J connectivity index is 1.47. The predicted molar refractivity (Wildman–Crippen MR) is 113 cm³/mol. The zero-order valence-corrected chi connectivity index (χ0v) is 16.9. The van der Waals surface area contributed by atoms with Gasteiger partial charge < -0.3 is 9.64 Å². The monoisotopic (exact) mass is 399 g/mol. The minimum Gasteiger partial charge on any atom is -0.496 e. The molecule has 0 saturated heterocycles. The zero-order valence-electron chi connectivity index (χ0n) is 16.9. The average molecular weight is 399 g/mol. The lowest BCUT2D eigenvalue weighted by atomic mass is 10.0. The molecular formula is C23H21N5O2. The summed E-state index contributed by atoms with van der Waals surface area (Å²) < 4.78 is 7.14. The highest BCUT2D eigenvalue weighted by Gasteiger charge is 2.25. The molecular weight excluding hydrogens is 378 g/mol. The van der Waals surface area contributed by atoms with Crippen LogP contribution in [0.5, 0.6) is 5.75 Å². The van der Waals surface area contributed by atoms with Crippen molar-refractivity contribution in [2.45, 2.75) is 13.0 Å². The number of hydrogen-bond acceptors (Lipinski definition) is 5. The van der Waals surface area contributed by atoms with Crippen molar-refractivity contribution in [2.24, 2.45) is 7.05 Å². The number of carbonyl (C=O) groups is 1. The number of hydrogen-bond donors (Lipinski definition) is 0. The summed E-state index contributed by atoms with van der Waals surface area (Å²) in [5.41, 5.74) is 5.38. The van der Waals surface area contributed by atoms with Gasteiger partial charge in [-0.1, -0.05) is 12.1 Å². The minimum absolute atomic E-state index is 0.0274. The molecule has 0 aliphatic carbocycles. The highest BCUT2D eigenvalue weighted by atomic mass is 16.5. The van der Waals surface area contributed by atoms with E-state index in [1.165, 1.54) is 0 Å². The second-order valence-electron chi connectivity index (χ2n) is 7.44. The van der Waals surface area contributed by atoms with Gasteiger partial charge in [-0.05, 0) is 29.8 Å². The standard InChI is InChI=1S/C23H21N5O2/c1-27-13-18(12-25-27)16-9-15-10-17-14-28(8-7-20(17)26-22(15)24-11-16)23(29)19-5-3-4-6-21(19)30-2/h3-6,9-13H,7-8,14H2,1-2H3. The third-order valence-electron chi connectivity index (χ3n) is 5.48. The number of ether oxygens (including phenoxy) is 1. The van der Waals surface area contributed by atoms with E-state index in [4.69, 9.17) is 9.72 Å². The van der Waals surface area contributed by atoms with Gasteiger partial charge in [0.25, 0.3) is 5.91 Å². The van der Waals surface area contributed by atoms with Gasteiger partial charge in [-0.2, -0.15) is 5.10 Å². The van der Waals surface area contributed by atoms with Crippen LogP contribution in [0.2, 0.25) is 0 Å². The van der Waals surface area contributed by atoms with E-state index in [1.807, 2.05) is 48.7 Å². The Labute approximate surface area is 173 Å². The lowest BCUT2D eigenvalue weighted by Gasteiger charge is -2.29. The fourth-order valence-electron chi connectivity index (χ4n) is 3.92. The van der Waals surface area contributed by atoms with Crippen molar-refractivity contribution in [1.29, 1.82) is 0 Å². The molecule has 4 aromatic rings. The van der Waals surface area contributed by atoms with Gasteiger partial charge in [-0.25, -0.2) is 9.97 Å². The molecule has 1 aliphatic rings. The zero-order chi connectivity index (χ0) is 20.7. The predicted octanol–water partition coefficient (Wildman–Crippen LogP) is 3.24. The number of para-hydroxylation sites is 1. The van der Waals surface area contributed by atoms with Gasteiger partial charge in [-0.15, -0.1) is 0 Å². The molecule has 1 aliphatic heterocycles. The third kappa shape index (κ3) is 3.18. The van der Waals surface area contributed by atoms with Crippen LogP contribution in [0.4, 0.5) is 0 Å². The molecule has 0 N–H and O–H groups in total. The summed E-state index contributed by atoms with van der Waals surface area (Å²) in [6.45, 7) is 1.14. The van der Waals surface area contributed by atoms with Crippen LogP contribution in [-0.4, -0.2) is 44.2 Å². The van der Waals surface area contributed by atoms with Crippen molar-refractivity contribution in [3.63, 3.8) is 0 Å². The number of carbonyl (C=O) groups excluding carboxylic acids is 1. The number of amides is 1. The summed E-state index contributed by atoms with van der Waals surface area (Å²) in [5.74, 6) is 0.565. The van der Waals surface area contributed by atoms with Crippen molar-refractivity contribution in [3.05, 3.63) is 71.8 Å². The first kappa shape index (κ1) is 18.3. The maximum Gasteiger partial charge on any atom is 0.257 e. The summed E-state index contributed by atoms with van der Waals surface area (Å²) in [5, 5.41) is 5.19. The van der Waals surface area contributed by atoms with Crippen LogP contribution in [0, 0.1) is 0 Å². The molecule has 3 aromatic heterocycles. The Morgan fingerprint density at radius 1 is 1.13 bits per heavy atom. The number of aromatic nitrogens is 4. The van der Waals surface area contributed by atoms with E-state index in [0.717, 1.165) is 33.4 Å². The molecule has 0 fully saturated rings. The maximum absolute atomic E-state index is 13.1. The molecule has 0 spiro atoms. The van der Waals surface area contributed by atoms with Gasteiger partial charge >= 0.3 is 0 Å². The Morgan fingerprint density at radius 2 is 2.00 bits per heavy atom. The highest BCUT2D eigenvalue weighted by molar-refractivity contribution is 5.97. The lowest BCUT2D eigenvalue weighted by Crippen LogP contribution is -2.36. The average Bonchev–Trinajstić information content (AvgIpc) is 3.22. The van der Waals surface area contributed by atoms with Crippen molar-refractivity contribution in [1.82, 2.24) is 24.6 Å². The third-order valence-corrected chi connectivity index (χ3v) is 5.48. The summed E-state index contributed by atoms with van der Waals surface area (Å²) >= 11 is 0. The van der Waals surface area contributed by atoms with Gasteiger partial charge in [0, 0.05) is 61.2 Å². The molecule has 4 heterocycles. The molecule has 0 bridgehead atoms. The molecule has 7 nitrogen and oxygen atoms in total. The van der Waals surface area contributed by atoms with Crippen LogP contribution in [0.1, 0.15) is 21.6 Å². The summed E-state index contributed by atoms with van der Waals surface area (Å²) in [7, 11) is 3.48. The molecule has 1 aromatic carbocycles. The van der Waals surface area contributed by atoms with E-state index >= 15 is 0 Å². The molecule has 30 heavy (non-hydrogen) atoms. The van der Waals surface area contributed by atoms with E-state index < -0.39 is 0 Å². The number of fused-ring (bicyclic) bond motifs is 2. The van der Waals surface area contributed by atoms with Crippen LogP contribution in [0.25, 0.3) is 22.2 Å². The van der Waals surface area contributed by atoms with E-state index in [1.54, 1.807) is 17.9 Å². The Hall–Kier alpha value is -3.74. The number of methoxy groups -OCH3 is 1. The smallest absolute Gasteiger partial charge is 0.257 e. The SMILES string of the molecule is COc1ccccc1C(=O)N1CCc2nc3ncc(-c4cnn(C)c4)cc3cc2C1. The quantitative estimate of drug-likeness (QED) is 0.529. The van der Waals surface area contributed by atoms with Gasteiger partial charge in [-0.3, -0.25) is 9.48 Å². The first-order chi connectivity index (χ1) is 14.6. The summed E-state index contributed by atoms with van der Waals surface area (Å²) in [4.78, 5) is 24.3. The lowest BCUT2D eigenvalue weighted by molar-refractivity contribution is 0.0730. The van der Waals surface area contributed by atoms with E-state index in [2.05, 4.69) is 22.2 Å². The van der Waals surface area contributed by atoms with Gasteiger partial charge in [0.15, 0.2) is 5.65 Å². The topological polar surface area (TPSA) is 73.1 Å². The number of pyridine rings is 2. The maximum atomic E-state index is 13.1. The number of rotatable bonds is 3. The second kappa shape index (κ2) is 7.26. The highest BCUT2D eigenvalue weighted by Crippen LogP contribution is 2.27. The van der Waals surface area contributed by atoms with Gasteiger partial charge in [0.2, 0.25) is 0 Å². The molecule has 0 unspecified atom stereocenters. The first-order valence-corrected chi connectivity index (χ1v) is 9.82. The molecule has 7 heteroatoms. The molecule has 5 rings (SSSR count). The van der Waals surface area contributed by atoms with Crippen molar-refractivity contribution in [2.75, 3.05) is 13.7 Å². The number of nitrogens with zero attached hydrogens (tertiary/aromatic N) is 5. The van der Waals surface area contributed by atoms with Crippen molar-refractivity contribution in [3.8, 4) is 16.9 Å². The number of aryl methyl sites for hydroxylation is 1. The van der Waals surface area contributed by atoms with Crippen LogP contribution in [-0.2, 0) is 20.0 Å².